The molecule has 2 aromatic carbocycles. The van der Waals surface area contributed by atoms with E-state index in [0.717, 1.165) is 5.56 Å². The molecule has 0 aliphatic carbocycles. The minimum Gasteiger partial charge on any atom is -0.496 e. The van der Waals surface area contributed by atoms with Crippen molar-refractivity contribution >= 4 is 5.69 Å². The second-order valence-corrected chi connectivity index (χ2v) is 4.91. The first-order valence-electron chi connectivity index (χ1n) is 7.24. The Morgan fingerprint density at radius 1 is 1.08 bits per heavy atom. The highest BCUT2D eigenvalue weighted by molar-refractivity contribution is 5.63. The van der Waals surface area contributed by atoms with Crippen molar-refractivity contribution in [2.24, 2.45) is 0 Å². The average molecular weight is 329 g/mol. The molecule has 0 spiro atoms. The van der Waals surface area contributed by atoms with E-state index in [1.165, 1.54) is 19.2 Å². The van der Waals surface area contributed by atoms with E-state index in [-0.39, 0.29) is 12.4 Å². The molecule has 24 heavy (non-hydrogen) atoms. The summed E-state index contributed by atoms with van der Waals surface area (Å²) in [5.74, 6) is 1.53. The smallest absolute Gasteiger partial charge is 0.246 e. The Labute approximate surface area is 138 Å². The Kier molecular flexibility index (Phi) is 4.60. The van der Waals surface area contributed by atoms with Crippen molar-refractivity contribution in [2.45, 2.75) is 6.54 Å². The first-order chi connectivity index (χ1) is 11.7. The predicted octanol–water partition coefficient (Wildman–Crippen LogP) is 3.51. The Hall–Kier alpha value is -3.09. The minimum atomic E-state index is -0.367. The molecule has 0 atom stereocenters. The molecule has 0 aliphatic rings. The maximum Gasteiger partial charge on any atom is 0.246 e. The van der Waals surface area contributed by atoms with Gasteiger partial charge in [-0.15, -0.1) is 0 Å². The summed E-state index contributed by atoms with van der Waals surface area (Å²) in [6.07, 6.45) is 0. The van der Waals surface area contributed by atoms with Crippen LogP contribution in [0.1, 0.15) is 5.89 Å². The van der Waals surface area contributed by atoms with Gasteiger partial charge in [0, 0.05) is 6.07 Å². The number of rotatable bonds is 6. The van der Waals surface area contributed by atoms with Crippen LogP contribution in [0.15, 0.2) is 47.0 Å². The molecule has 1 heterocycles. The van der Waals surface area contributed by atoms with Crippen molar-refractivity contribution in [1.29, 1.82) is 0 Å². The van der Waals surface area contributed by atoms with Gasteiger partial charge in [-0.2, -0.15) is 4.98 Å². The van der Waals surface area contributed by atoms with E-state index in [0.29, 0.717) is 28.9 Å². The average Bonchev–Trinajstić information content (AvgIpc) is 3.09. The van der Waals surface area contributed by atoms with E-state index in [2.05, 4.69) is 15.5 Å². The van der Waals surface area contributed by atoms with Gasteiger partial charge in [-0.1, -0.05) is 17.3 Å². The lowest BCUT2D eigenvalue weighted by atomic mass is 10.2. The number of halogens is 1. The molecule has 1 aromatic heterocycles. The monoisotopic (exact) mass is 329 g/mol. The van der Waals surface area contributed by atoms with Gasteiger partial charge in [0.1, 0.15) is 17.3 Å². The number of nitrogens with zero attached hydrogens (tertiary/aromatic N) is 2. The highest BCUT2D eigenvalue weighted by atomic mass is 19.1. The number of hydrogen-bond donors (Lipinski definition) is 1. The molecule has 0 radical (unpaired) electrons. The summed E-state index contributed by atoms with van der Waals surface area (Å²) in [6.45, 7) is 0.282. The number of hydrogen-bond acceptors (Lipinski definition) is 6. The summed E-state index contributed by atoms with van der Waals surface area (Å²) in [6, 6.07) is 11.7. The zero-order valence-corrected chi connectivity index (χ0v) is 13.2. The predicted molar refractivity (Wildman–Crippen MR) is 86.6 cm³/mol. The number of ether oxygens (including phenoxy) is 2. The first-order valence-corrected chi connectivity index (χ1v) is 7.24. The van der Waals surface area contributed by atoms with Crippen LogP contribution in [0.25, 0.3) is 11.4 Å². The molecule has 0 saturated carbocycles. The van der Waals surface area contributed by atoms with E-state index >= 15 is 0 Å². The van der Waals surface area contributed by atoms with Crippen LogP contribution in [-0.2, 0) is 6.54 Å². The second-order valence-electron chi connectivity index (χ2n) is 4.91. The molecule has 0 amide bonds. The molecule has 0 fully saturated rings. The van der Waals surface area contributed by atoms with Crippen LogP contribution < -0.4 is 14.8 Å². The van der Waals surface area contributed by atoms with Crippen LogP contribution in [-0.4, -0.2) is 24.4 Å². The van der Waals surface area contributed by atoms with Gasteiger partial charge in [0.2, 0.25) is 11.7 Å². The fourth-order valence-electron chi connectivity index (χ4n) is 2.25. The fraction of sp³-hybridized carbons (Fsp3) is 0.176. The summed E-state index contributed by atoms with van der Waals surface area (Å²) < 4.78 is 28.9. The van der Waals surface area contributed by atoms with Crippen LogP contribution >= 0.6 is 0 Å². The van der Waals surface area contributed by atoms with Gasteiger partial charge in [0.25, 0.3) is 0 Å². The zero-order valence-electron chi connectivity index (χ0n) is 13.2. The van der Waals surface area contributed by atoms with Gasteiger partial charge < -0.3 is 19.3 Å². The number of nitrogens with one attached hydrogen (secondary N) is 1. The highest BCUT2D eigenvalue weighted by Crippen LogP contribution is 2.28. The van der Waals surface area contributed by atoms with E-state index < -0.39 is 0 Å². The number of aromatic nitrogens is 2. The lowest BCUT2D eigenvalue weighted by Gasteiger charge is -2.09. The number of anilines is 1. The highest BCUT2D eigenvalue weighted by Gasteiger charge is 2.13. The lowest BCUT2D eigenvalue weighted by Crippen LogP contribution is -2.02. The van der Waals surface area contributed by atoms with Gasteiger partial charge in [-0.05, 0) is 24.3 Å². The van der Waals surface area contributed by atoms with Gasteiger partial charge in [-0.25, -0.2) is 4.39 Å². The number of benzene rings is 2. The molecule has 7 heteroatoms. The van der Waals surface area contributed by atoms with Gasteiger partial charge >= 0.3 is 0 Å². The molecule has 0 unspecified atom stereocenters. The molecule has 3 aromatic rings. The van der Waals surface area contributed by atoms with Crippen molar-refractivity contribution in [1.82, 2.24) is 10.1 Å². The van der Waals surface area contributed by atoms with E-state index in [9.17, 15) is 4.39 Å². The van der Waals surface area contributed by atoms with Crippen molar-refractivity contribution < 1.29 is 18.4 Å². The summed E-state index contributed by atoms with van der Waals surface area (Å²) in [5.41, 5.74) is 1.38. The normalized spacial score (nSPS) is 10.5. The van der Waals surface area contributed by atoms with Gasteiger partial charge in [-0.3, -0.25) is 0 Å². The second kappa shape index (κ2) is 6.99. The molecule has 0 aliphatic heterocycles. The number of methoxy groups -OCH3 is 2. The van der Waals surface area contributed by atoms with Gasteiger partial charge in [0.15, 0.2) is 0 Å². The molecule has 6 nitrogen and oxygen atoms in total. The summed E-state index contributed by atoms with van der Waals surface area (Å²) in [5, 5.41) is 7.05. The van der Waals surface area contributed by atoms with Crippen molar-refractivity contribution in [3.8, 4) is 22.9 Å². The molecule has 0 bridgehead atoms. The third-order valence-electron chi connectivity index (χ3n) is 3.41. The number of para-hydroxylation sites is 1. The Bertz CT molecular complexity index is 835. The van der Waals surface area contributed by atoms with Crippen LogP contribution in [0.2, 0.25) is 0 Å². The van der Waals surface area contributed by atoms with Crippen molar-refractivity contribution in [2.75, 3.05) is 19.5 Å². The summed E-state index contributed by atoms with van der Waals surface area (Å²) in [4.78, 5) is 4.34. The van der Waals surface area contributed by atoms with E-state index in [4.69, 9.17) is 14.0 Å². The Morgan fingerprint density at radius 3 is 2.67 bits per heavy atom. The maximum atomic E-state index is 13.2. The third kappa shape index (κ3) is 3.29. The summed E-state index contributed by atoms with van der Waals surface area (Å²) >= 11 is 0. The molecule has 3 rings (SSSR count). The summed E-state index contributed by atoms with van der Waals surface area (Å²) in [7, 11) is 3.06. The molecular weight excluding hydrogens is 313 g/mol. The van der Waals surface area contributed by atoms with Crippen molar-refractivity contribution in [3.05, 3.63) is 54.2 Å². The molecule has 1 N–H and O–H groups in total. The Morgan fingerprint density at radius 2 is 1.88 bits per heavy atom. The lowest BCUT2D eigenvalue weighted by molar-refractivity contribution is 0.382. The standard InChI is InChI=1S/C17H16FN3O3/c1-22-14-6-4-3-5-12(14)17-20-16(24-21-17)10-19-13-8-7-11(18)9-15(13)23-2/h3-9,19H,10H2,1-2H3. The van der Waals surface area contributed by atoms with E-state index in [1.807, 2.05) is 24.3 Å². The topological polar surface area (TPSA) is 69.4 Å². The van der Waals surface area contributed by atoms with Crippen LogP contribution in [0.3, 0.4) is 0 Å². The van der Waals surface area contributed by atoms with Gasteiger partial charge in [0.05, 0.1) is 32.0 Å². The van der Waals surface area contributed by atoms with Crippen LogP contribution in [0.4, 0.5) is 10.1 Å². The molecule has 0 saturated heterocycles. The fourth-order valence-corrected chi connectivity index (χ4v) is 2.25. The first kappa shape index (κ1) is 15.8. The maximum absolute atomic E-state index is 13.2. The minimum absolute atomic E-state index is 0.282. The van der Waals surface area contributed by atoms with E-state index in [1.54, 1.807) is 13.2 Å². The third-order valence-corrected chi connectivity index (χ3v) is 3.41. The SMILES string of the molecule is COc1cc(F)ccc1NCc1nc(-c2ccccc2OC)no1. The quantitative estimate of drug-likeness (QED) is 0.746. The van der Waals surface area contributed by atoms with Crippen molar-refractivity contribution in [3.63, 3.8) is 0 Å². The van der Waals surface area contributed by atoms with Crippen LogP contribution in [0, 0.1) is 5.82 Å². The molecular formula is C17H16FN3O3. The Balaban J connectivity index is 1.75. The van der Waals surface area contributed by atoms with Crippen LogP contribution in [0.5, 0.6) is 11.5 Å². The largest absolute Gasteiger partial charge is 0.496 e. The molecule has 124 valence electrons. The zero-order chi connectivity index (χ0) is 16.9.